The molecule has 0 radical (unpaired) electrons. The van der Waals surface area contributed by atoms with E-state index in [-0.39, 0.29) is 18.4 Å². The second-order valence-electron chi connectivity index (χ2n) is 5.11. The van der Waals surface area contributed by atoms with Crippen LogP contribution in [0.4, 0.5) is 0 Å². The van der Waals surface area contributed by atoms with Gasteiger partial charge in [-0.2, -0.15) is 0 Å². The van der Waals surface area contributed by atoms with Crippen molar-refractivity contribution in [1.29, 1.82) is 0 Å². The maximum Gasteiger partial charge on any atom is 0.305 e. The van der Waals surface area contributed by atoms with E-state index < -0.39 is 5.97 Å². The Kier molecular flexibility index (Phi) is 5.89. The first-order chi connectivity index (χ1) is 8.50. The Balaban J connectivity index is 2.53. The van der Waals surface area contributed by atoms with Gasteiger partial charge in [-0.3, -0.25) is 9.59 Å². The lowest BCUT2D eigenvalue weighted by atomic mass is 9.96. The van der Waals surface area contributed by atoms with Crippen LogP contribution in [0.15, 0.2) is 11.6 Å². The topological polar surface area (TPSA) is 57.6 Å². The van der Waals surface area contributed by atoms with Crippen LogP contribution in [0.5, 0.6) is 0 Å². The summed E-state index contributed by atoms with van der Waals surface area (Å²) in [5, 5.41) is 8.70. The number of rotatable bonds is 6. The molecule has 0 aromatic carbocycles. The summed E-state index contributed by atoms with van der Waals surface area (Å²) in [5.74, 6) is -0.801. The maximum absolute atomic E-state index is 12.2. The van der Waals surface area contributed by atoms with Gasteiger partial charge in [0.25, 0.3) is 0 Å². The Bertz CT molecular complexity index is 334. The van der Waals surface area contributed by atoms with Gasteiger partial charge in [0.05, 0.1) is 6.42 Å². The lowest BCUT2D eigenvalue weighted by Crippen LogP contribution is -2.38. The molecule has 1 N–H and O–H groups in total. The summed E-state index contributed by atoms with van der Waals surface area (Å²) in [4.78, 5) is 24.4. The third-order valence-corrected chi connectivity index (χ3v) is 3.27. The van der Waals surface area contributed by atoms with E-state index in [1.54, 1.807) is 4.90 Å². The van der Waals surface area contributed by atoms with Crippen molar-refractivity contribution < 1.29 is 14.7 Å². The maximum atomic E-state index is 12.2. The minimum absolute atomic E-state index is 0.0168. The summed E-state index contributed by atoms with van der Waals surface area (Å²) in [6.45, 7) is 4.16. The monoisotopic (exact) mass is 253 g/mol. The molecule has 0 fully saturated rings. The number of aliphatic carboxylic acids is 1. The number of amides is 1. The zero-order valence-corrected chi connectivity index (χ0v) is 11.3. The van der Waals surface area contributed by atoms with Crippen LogP contribution >= 0.6 is 0 Å². The molecule has 1 aliphatic rings. The number of hydrogen-bond acceptors (Lipinski definition) is 2. The van der Waals surface area contributed by atoms with Gasteiger partial charge in [0.2, 0.25) is 5.91 Å². The van der Waals surface area contributed by atoms with Gasteiger partial charge in [-0.05, 0) is 39.5 Å². The van der Waals surface area contributed by atoms with E-state index in [0.29, 0.717) is 13.0 Å². The molecule has 4 heteroatoms. The van der Waals surface area contributed by atoms with Gasteiger partial charge >= 0.3 is 5.97 Å². The molecule has 0 heterocycles. The van der Waals surface area contributed by atoms with Crippen LogP contribution in [0, 0.1) is 0 Å². The fourth-order valence-electron chi connectivity index (χ4n) is 2.25. The van der Waals surface area contributed by atoms with Gasteiger partial charge in [0, 0.05) is 19.0 Å². The fourth-order valence-corrected chi connectivity index (χ4v) is 2.25. The van der Waals surface area contributed by atoms with Crippen molar-refractivity contribution >= 4 is 11.9 Å². The molecule has 4 nitrogen and oxygen atoms in total. The van der Waals surface area contributed by atoms with Gasteiger partial charge in [0.15, 0.2) is 0 Å². The van der Waals surface area contributed by atoms with Crippen LogP contribution < -0.4 is 0 Å². The van der Waals surface area contributed by atoms with Crippen molar-refractivity contribution in [1.82, 2.24) is 4.90 Å². The summed E-state index contributed by atoms with van der Waals surface area (Å²) in [7, 11) is 0. The SMILES string of the molecule is CC(C)N(CCC(=O)O)C(=O)CC1=CCCCC1. The van der Waals surface area contributed by atoms with E-state index in [0.717, 1.165) is 19.3 Å². The predicted molar refractivity (Wildman–Crippen MR) is 70.3 cm³/mol. The van der Waals surface area contributed by atoms with E-state index in [9.17, 15) is 9.59 Å². The van der Waals surface area contributed by atoms with Crippen molar-refractivity contribution in [2.24, 2.45) is 0 Å². The first-order valence-corrected chi connectivity index (χ1v) is 6.70. The molecule has 0 unspecified atom stereocenters. The average Bonchev–Trinajstić information content (AvgIpc) is 2.29. The molecule has 0 saturated carbocycles. The zero-order valence-electron chi connectivity index (χ0n) is 11.3. The summed E-state index contributed by atoms with van der Waals surface area (Å²) >= 11 is 0. The first-order valence-electron chi connectivity index (χ1n) is 6.70. The molecule has 0 saturated heterocycles. The number of nitrogens with zero attached hydrogens (tertiary/aromatic N) is 1. The van der Waals surface area contributed by atoms with Gasteiger partial charge in [-0.1, -0.05) is 11.6 Å². The average molecular weight is 253 g/mol. The molecule has 0 bridgehead atoms. The molecular weight excluding hydrogens is 230 g/mol. The first kappa shape index (κ1) is 14.7. The third kappa shape index (κ3) is 4.90. The van der Waals surface area contributed by atoms with Crippen LogP contribution in [0.3, 0.4) is 0 Å². The van der Waals surface area contributed by atoms with Crippen LogP contribution in [0.2, 0.25) is 0 Å². The highest BCUT2D eigenvalue weighted by molar-refractivity contribution is 5.79. The van der Waals surface area contributed by atoms with Gasteiger partial charge in [-0.25, -0.2) is 0 Å². The van der Waals surface area contributed by atoms with Crippen molar-refractivity contribution in [2.75, 3.05) is 6.54 Å². The molecule has 0 spiro atoms. The van der Waals surface area contributed by atoms with Crippen LogP contribution in [0.25, 0.3) is 0 Å². The summed E-state index contributed by atoms with van der Waals surface area (Å²) in [5.41, 5.74) is 1.22. The van der Waals surface area contributed by atoms with Gasteiger partial charge < -0.3 is 10.0 Å². The second-order valence-corrected chi connectivity index (χ2v) is 5.11. The number of carbonyl (C=O) groups excluding carboxylic acids is 1. The summed E-state index contributed by atoms with van der Waals surface area (Å²) in [6, 6.07) is 0.0565. The Morgan fingerprint density at radius 3 is 2.61 bits per heavy atom. The Morgan fingerprint density at radius 1 is 1.39 bits per heavy atom. The van der Waals surface area contributed by atoms with Crippen LogP contribution in [-0.2, 0) is 9.59 Å². The lowest BCUT2D eigenvalue weighted by Gasteiger charge is -2.27. The molecule has 1 aliphatic carbocycles. The Labute approximate surface area is 109 Å². The second kappa shape index (κ2) is 7.19. The molecule has 0 aromatic heterocycles. The number of carboxylic acid groups (broad SMARTS) is 1. The van der Waals surface area contributed by atoms with Crippen molar-refractivity contribution in [3.05, 3.63) is 11.6 Å². The number of allylic oxidation sites excluding steroid dienone is 1. The largest absolute Gasteiger partial charge is 0.481 e. The quantitative estimate of drug-likeness (QED) is 0.740. The standard InChI is InChI=1S/C14H23NO3/c1-11(2)15(9-8-14(17)18)13(16)10-12-6-4-3-5-7-12/h6,11H,3-5,7-10H2,1-2H3,(H,17,18). The fraction of sp³-hybridized carbons (Fsp3) is 0.714. The highest BCUT2D eigenvalue weighted by Crippen LogP contribution is 2.21. The van der Waals surface area contributed by atoms with Crippen LogP contribution in [0.1, 0.15) is 52.4 Å². The molecule has 0 aromatic rings. The molecule has 0 atom stereocenters. The van der Waals surface area contributed by atoms with E-state index in [1.165, 1.54) is 12.0 Å². The normalized spacial score (nSPS) is 15.4. The van der Waals surface area contributed by atoms with E-state index in [1.807, 2.05) is 13.8 Å². The third-order valence-electron chi connectivity index (χ3n) is 3.27. The number of carboxylic acids is 1. The molecule has 1 rings (SSSR count). The lowest BCUT2D eigenvalue weighted by molar-refractivity contribution is -0.139. The van der Waals surface area contributed by atoms with Crippen molar-refractivity contribution in [2.45, 2.75) is 58.4 Å². The van der Waals surface area contributed by atoms with E-state index in [2.05, 4.69) is 6.08 Å². The van der Waals surface area contributed by atoms with Crippen LogP contribution in [-0.4, -0.2) is 34.5 Å². The molecular formula is C14H23NO3. The zero-order chi connectivity index (χ0) is 13.5. The van der Waals surface area contributed by atoms with Crippen molar-refractivity contribution in [3.8, 4) is 0 Å². The van der Waals surface area contributed by atoms with Gasteiger partial charge in [0.1, 0.15) is 0 Å². The molecule has 18 heavy (non-hydrogen) atoms. The number of carbonyl (C=O) groups is 2. The number of hydrogen-bond donors (Lipinski definition) is 1. The van der Waals surface area contributed by atoms with E-state index >= 15 is 0 Å². The molecule has 0 aliphatic heterocycles. The highest BCUT2D eigenvalue weighted by Gasteiger charge is 2.19. The predicted octanol–water partition coefficient (Wildman–Crippen LogP) is 2.59. The molecule has 102 valence electrons. The minimum atomic E-state index is -0.856. The smallest absolute Gasteiger partial charge is 0.305 e. The Morgan fingerprint density at radius 2 is 2.11 bits per heavy atom. The van der Waals surface area contributed by atoms with E-state index in [4.69, 9.17) is 5.11 Å². The summed E-state index contributed by atoms with van der Waals surface area (Å²) < 4.78 is 0. The minimum Gasteiger partial charge on any atom is -0.481 e. The van der Waals surface area contributed by atoms with Crippen molar-refractivity contribution in [3.63, 3.8) is 0 Å². The Hall–Kier alpha value is -1.32. The van der Waals surface area contributed by atoms with Gasteiger partial charge in [-0.15, -0.1) is 0 Å². The molecule has 1 amide bonds. The summed E-state index contributed by atoms with van der Waals surface area (Å²) in [6.07, 6.45) is 7.09. The highest BCUT2D eigenvalue weighted by atomic mass is 16.4.